The second kappa shape index (κ2) is 10.6. The molecule has 0 radical (unpaired) electrons. The largest absolute Gasteiger partial charge is 0.497 e. The molecule has 0 fully saturated rings. The Bertz CT molecular complexity index is 1090. The Kier molecular flexibility index (Phi) is 7.67. The molecular formula is C22H22F3N5O3. The first-order valence-electron chi connectivity index (χ1n) is 9.80. The number of nitrogens with zero attached hydrogens (tertiary/aromatic N) is 3. The van der Waals surface area contributed by atoms with Crippen LogP contribution in [0.15, 0.2) is 48.7 Å². The van der Waals surface area contributed by atoms with Gasteiger partial charge in [0.2, 0.25) is 5.95 Å². The minimum atomic E-state index is -1.26. The highest BCUT2D eigenvalue weighted by molar-refractivity contribution is 6.06. The van der Waals surface area contributed by atoms with E-state index in [0.29, 0.717) is 30.2 Å². The zero-order chi connectivity index (χ0) is 24.0. The fourth-order valence-corrected chi connectivity index (χ4v) is 2.96. The number of nitrogens with one attached hydrogen (secondary N) is 2. The molecule has 2 N–H and O–H groups in total. The third kappa shape index (κ3) is 5.89. The van der Waals surface area contributed by atoms with Crippen LogP contribution in [0.2, 0.25) is 0 Å². The molecule has 0 aliphatic rings. The number of aromatic nitrogens is 2. The average molecular weight is 461 g/mol. The summed E-state index contributed by atoms with van der Waals surface area (Å²) in [6.07, 6.45) is 1.42. The summed E-state index contributed by atoms with van der Waals surface area (Å²) in [7, 11) is 3.04. The number of hydrogen-bond donors (Lipinski definition) is 2. The summed E-state index contributed by atoms with van der Waals surface area (Å²) in [4.78, 5) is 22.7. The number of anilines is 4. The number of rotatable bonds is 8. The summed E-state index contributed by atoms with van der Waals surface area (Å²) < 4.78 is 51.8. The standard InChI is InChI=1S/C22H22F3N5O3/c1-13(12-32-2)27-21-26-9-8-19(28-21)30(15-4-6-16(33-3)7-5-15)22(31)29-20-17(24)10-14(23)11-18(20)25/h4-11,13H,12H2,1-3H3,(H,29,31)(H,26,27,28)/t13-/m0/s1. The summed E-state index contributed by atoms with van der Waals surface area (Å²) >= 11 is 0. The fraction of sp³-hybridized carbons (Fsp3) is 0.227. The van der Waals surface area contributed by atoms with Crippen LogP contribution in [0.1, 0.15) is 6.92 Å². The molecule has 0 aliphatic heterocycles. The molecule has 0 unspecified atom stereocenters. The Morgan fingerprint density at radius 3 is 2.36 bits per heavy atom. The summed E-state index contributed by atoms with van der Waals surface area (Å²) in [5.41, 5.74) is -0.466. The second-order valence-corrected chi connectivity index (χ2v) is 6.95. The summed E-state index contributed by atoms with van der Waals surface area (Å²) in [6, 6.07) is 7.69. The Balaban J connectivity index is 1.99. The van der Waals surface area contributed by atoms with Crippen molar-refractivity contribution in [3.05, 3.63) is 66.1 Å². The number of carbonyl (C=O) groups excluding carboxylic acids is 1. The Hall–Kier alpha value is -3.86. The topological polar surface area (TPSA) is 88.6 Å². The zero-order valence-corrected chi connectivity index (χ0v) is 18.1. The van der Waals surface area contributed by atoms with Gasteiger partial charge in [0.05, 0.1) is 19.4 Å². The van der Waals surface area contributed by atoms with Gasteiger partial charge in [-0.1, -0.05) is 0 Å². The number of methoxy groups -OCH3 is 2. The molecule has 2 aromatic carbocycles. The molecule has 0 saturated heterocycles. The smallest absolute Gasteiger partial charge is 0.332 e. The normalized spacial score (nSPS) is 11.6. The Morgan fingerprint density at radius 2 is 1.76 bits per heavy atom. The van der Waals surface area contributed by atoms with E-state index in [1.165, 1.54) is 19.4 Å². The molecule has 3 aromatic rings. The van der Waals surface area contributed by atoms with E-state index < -0.39 is 29.2 Å². The molecule has 174 valence electrons. The van der Waals surface area contributed by atoms with Gasteiger partial charge in [-0.3, -0.25) is 0 Å². The second-order valence-electron chi connectivity index (χ2n) is 6.95. The van der Waals surface area contributed by atoms with Crippen molar-refractivity contribution >= 4 is 29.2 Å². The molecule has 11 heteroatoms. The van der Waals surface area contributed by atoms with Crippen LogP contribution in [0.4, 0.5) is 41.1 Å². The van der Waals surface area contributed by atoms with E-state index in [1.54, 1.807) is 31.4 Å². The van der Waals surface area contributed by atoms with Crippen molar-refractivity contribution in [3.8, 4) is 5.75 Å². The first-order valence-corrected chi connectivity index (χ1v) is 9.80. The number of urea groups is 1. The molecule has 0 bridgehead atoms. The Morgan fingerprint density at radius 1 is 1.09 bits per heavy atom. The number of carbonyl (C=O) groups is 1. The van der Waals surface area contributed by atoms with Gasteiger partial charge in [0, 0.05) is 37.5 Å². The highest BCUT2D eigenvalue weighted by Crippen LogP contribution is 2.29. The van der Waals surface area contributed by atoms with E-state index in [-0.39, 0.29) is 17.8 Å². The van der Waals surface area contributed by atoms with Gasteiger partial charge in [0.25, 0.3) is 0 Å². The predicted molar refractivity (Wildman–Crippen MR) is 117 cm³/mol. The molecule has 1 heterocycles. The van der Waals surface area contributed by atoms with Gasteiger partial charge in [-0.25, -0.2) is 27.8 Å². The minimum Gasteiger partial charge on any atom is -0.497 e. The molecule has 33 heavy (non-hydrogen) atoms. The first kappa shape index (κ1) is 23.8. The lowest BCUT2D eigenvalue weighted by molar-refractivity contribution is 0.190. The van der Waals surface area contributed by atoms with Crippen LogP contribution in [-0.2, 0) is 4.74 Å². The van der Waals surface area contributed by atoms with E-state index in [9.17, 15) is 18.0 Å². The van der Waals surface area contributed by atoms with Gasteiger partial charge < -0.3 is 20.1 Å². The van der Waals surface area contributed by atoms with Gasteiger partial charge in [-0.05, 0) is 31.2 Å². The maximum absolute atomic E-state index is 14.1. The van der Waals surface area contributed by atoms with E-state index >= 15 is 0 Å². The number of amides is 2. The fourth-order valence-electron chi connectivity index (χ4n) is 2.96. The predicted octanol–water partition coefficient (Wildman–Crippen LogP) is 4.72. The molecule has 8 nitrogen and oxygen atoms in total. The van der Waals surface area contributed by atoms with Crippen molar-refractivity contribution in [3.63, 3.8) is 0 Å². The van der Waals surface area contributed by atoms with Gasteiger partial charge in [-0.15, -0.1) is 0 Å². The maximum Gasteiger partial charge on any atom is 0.332 e. The lowest BCUT2D eigenvalue weighted by atomic mass is 10.2. The molecule has 1 atom stereocenters. The van der Waals surface area contributed by atoms with Crippen LogP contribution >= 0.6 is 0 Å². The zero-order valence-electron chi connectivity index (χ0n) is 18.1. The van der Waals surface area contributed by atoms with Crippen LogP contribution in [0.3, 0.4) is 0 Å². The van der Waals surface area contributed by atoms with Gasteiger partial charge in [0.15, 0.2) is 11.6 Å². The highest BCUT2D eigenvalue weighted by Gasteiger charge is 2.23. The number of benzene rings is 2. The van der Waals surface area contributed by atoms with E-state index in [4.69, 9.17) is 9.47 Å². The molecule has 2 amide bonds. The van der Waals surface area contributed by atoms with Crippen molar-refractivity contribution in [2.75, 3.05) is 36.4 Å². The molecule has 3 rings (SSSR count). The highest BCUT2D eigenvalue weighted by atomic mass is 19.1. The number of hydrogen-bond acceptors (Lipinski definition) is 6. The van der Waals surface area contributed by atoms with Crippen LogP contribution in [0.5, 0.6) is 5.75 Å². The molecule has 1 aromatic heterocycles. The minimum absolute atomic E-state index is 0.114. The summed E-state index contributed by atoms with van der Waals surface area (Å²) in [5, 5.41) is 5.18. The lowest BCUT2D eigenvalue weighted by Gasteiger charge is -2.23. The van der Waals surface area contributed by atoms with Crippen LogP contribution in [-0.4, -0.2) is 42.9 Å². The Labute approximate surface area is 188 Å². The van der Waals surface area contributed by atoms with E-state index in [2.05, 4.69) is 20.6 Å². The number of ether oxygens (including phenoxy) is 2. The van der Waals surface area contributed by atoms with Crippen molar-refractivity contribution in [2.45, 2.75) is 13.0 Å². The average Bonchev–Trinajstić information content (AvgIpc) is 2.77. The molecule has 0 saturated carbocycles. The lowest BCUT2D eigenvalue weighted by Crippen LogP contribution is -2.32. The summed E-state index contributed by atoms with van der Waals surface area (Å²) in [6.45, 7) is 2.24. The molecule has 0 aliphatic carbocycles. The first-order chi connectivity index (χ1) is 15.8. The SMILES string of the molecule is COC[C@H](C)Nc1nccc(N(C(=O)Nc2c(F)cc(F)cc2F)c2ccc(OC)cc2)n1. The van der Waals surface area contributed by atoms with Crippen molar-refractivity contribution in [1.82, 2.24) is 9.97 Å². The third-order valence-corrected chi connectivity index (χ3v) is 4.43. The van der Waals surface area contributed by atoms with Gasteiger partial charge >= 0.3 is 6.03 Å². The summed E-state index contributed by atoms with van der Waals surface area (Å²) in [5.74, 6) is -2.76. The quantitative estimate of drug-likeness (QED) is 0.505. The maximum atomic E-state index is 14.1. The van der Waals surface area contributed by atoms with Gasteiger partial charge in [0.1, 0.15) is 23.1 Å². The van der Waals surface area contributed by atoms with Crippen LogP contribution in [0.25, 0.3) is 0 Å². The van der Waals surface area contributed by atoms with Gasteiger partial charge in [-0.2, -0.15) is 4.98 Å². The van der Waals surface area contributed by atoms with Crippen molar-refractivity contribution in [2.24, 2.45) is 0 Å². The van der Waals surface area contributed by atoms with Crippen LogP contribution < -0.4 is 20.3 Å². The van der Waals surface area contributed by atoms with E-state index in [1.807, 2.05) is 6.92 Å². The van der Waals surface area contributed by atoms with Crippen molar-refractivity contribution < 1.29 is 27.4 Å². The third-order valence-electron chi connectivity index (χ3n) is 4.43. The monoisotopic (exact) mass is 461 g/mol. The van der Waals surface area contributed by atoms with Crippen molar-refractivity contribution in [1.29, 1.82) is 0 Å². The molecular weight excluding hydrogens is 439 g/mol. The van der Waals surface area contributed by atoms with Crippen LogP contribution in [0, 0.1) is 17.5 Å². The molecule has 0 spiro atoms. The van der Waals surface area contributed by atoms with E-state index in [0.717, 1.165) is 4.90 Å². The number of halogens is 3.